The Kier molecular flexibility index (Phi) is 6.55. The van der Waals surface area contributed by atoms with Gasteiger partial charge in [0.15, 0.2) is 5.65 Å². The van der Waals surface area contributed by atoms with Crippen molar-refractivity contribution in [3.05, 3.63) is 36.0 Å². The average molecular weight is 445 g/mol. The van der Waals surface area contributed by atoms with Crippen molar-refractivity contribution in [1.82, 2.24) is 19.5 Å². The van der Waals surface area contributed by atoms with Gasteiger partial charge in [-0.2, -0.15) is 4.98 Å². The molecular weight excluding hydrogens is 414 g/mol. The van der Waals surface area contributed by atoms with Crippen molar-refractivity contribution in [2.24, 2.45) is 0 Å². The molecule has 2 aliphatic carbocycles. The highest BCUT2D eigenvalue weighted by Crippen LogP contribution is 2.35. The van der Waals surface area contributed by atoms with Crippen LogP contribution in [0.5, 0.6) is 0 Å². The van der Waals surface area contributed by atoms with Gasteiger partial charge in [0.2, 0.25) is 11.9 Å². The van der Waals surface area contributed by atoms with E-state index in [1.165, 1.54) is 25.0 Å². The van der Waals surface area contributed by atoms with E-state index in [4.69, 9.17) is 4.98 Å². The number of nitrogens with one attached hydrogen (secondary N) is 2. The van der Waals surface area contributed by atoms with E-state index in [-0.39, 0.29) is 25.3 Å². The molecule has 1 aromatic carbocycles. The second-order valence-electron chi connectivity index (χ2n) is 8.55. The number of aromatic nitrogens is 4. The first kappa shape index (κ1) is 22.4. The highest BCUT2D eigenvalue weighted by atomic mass is 19.1. The van der Waals surface area contributed by atoms with Gasteiger partial charge in [0.25, 0.3) is 0 Å². The van der Waals surface area contributed by atoms with Crippen LogP contribution < -0.4 is 10.6 Å². The number of imidazole rings is 1. The van der Waals surface area contributed by atoms with E-state index in [2.05, 4.69) is 20.6 Å². The van der Waals surface area contributed by atoms with Gasteiger partial charge in [-0.15, -0.1) is 0 Å². The Morgan fingerprint density at radius 3 is 2.47 bits per heavy atom. The molecule has 0 bridgehead atoms. The lowest BCUT2D eigenvalue weighted by atomic mass is 9.93. The largest absolute Gasteiger partial charge is 0.393 e. The summed E-state index contributed by atoms with van der Waals surface area (Å²) in [5, 5.41) is 16.4. The summed E-state index contributed by atoms with van der Waals surface area (Å²) in [6.07, 6.45) is 8.92. The summed E-state index contributed by atoms with van der Waals surface area (Å²) in [4.78, 5) is 13.8. The maximum absolute atomic E-state index is 14.3. The highest BCUT2D eigenvalue weighted by Gasteiger charge is 2.27. The Bertz CT molecular complexity index is 1070. The van der Waals surface area contributed by atoms with Crippen molar-refractivity contribution in [3.63, 3.8) is 0 Å². The molecule has 2 fully saturated rings. The number of rotatable bonds is 5. The van der Waals surface area contributed by atoms with Crippen molar-refractivity contribution in [3.8, 4) is 0 Å². The van der Waals surface area contributed by atoms with Crippen LogP contribution in [-0.2, 0) is 0 Å². The first-order valence-corrected chi connectivity index (χ1v) is 11.0. The Morgan fingerprint density at radius 1 is 1.00 bits per heavy atom. The fraction of sp³-hybridized carbons (Fsp3) is 0.522. The number of hydrogen-bond acceptors (Lipinski definition) is 6. The number of nitrogens with zero attached hydrogens (tertiary/aromatic N) is 4. The minimum absolute atomic E-state index is 0. The van der Waals surface area contributed by atoms with Gasteiger partial charge in [-0.25, -0.2) is 18.7 Å². The molecule has 0 spiro atoms. The quantitative estimate of drug-likeness (QED) is 0.494. The third-order valence-corrected chi connectivity index (χ3v) is 6.33. The number of aliphatic hydroxyl groups excluding tert-OH is 1. The average Bonchev–Trinajstić information content (AvgIpc) is 3.38. The van der Waals surface area contributed by atoms with Crippen LogP contribution in [0.25, 0.3) is 11.2 Å². The van der Waals surface area contributed by atoms with E-state index in [0.29, 0.717) is 41.9 Å². The molecule has 2 aliphatic rings. The fourth-order valence-electron chi connectivity index (χ4n) is 4.67. The van der Waals surface area contributed by atoms with Crippen LogP contribution in [0, 0.1) is 11.6 Å². The predicted molar refractivity (Wildman–Crippen MR) is 121 cm³/mol. The standard InChI is InChI=1S/C22H26F2N6O.CH4/c23-13-5-10-18(17(24)11-13)27-22-28-19-12-25-21(26-14-3-1-2-4-14)29-20(19)30(22)15-6-8-16(31)9-7-15;/h5,10-12,14-16,31H,1-4,6-9H2,(H,27,28)(H,25,26,29);1H4. The van der Waals surface area contributed by atoms with E-state index in [1.807, 2.05) is 4.57 Å². The van der Waals surface area contributed by atoms with Crippen LogP contribution in [-0.4, -0.2) is 36.8 Å². The van der Waals surface area contributed by atoms with Gasteiger partial charge in [0.1, 0.15) is 17.2 Å². The summed E-state index contributed by atoms with van der Waals surface area (Å²) >= 11 is 0. The molecule has 2 saturated carbocycles. The number of hydrogen-bond donors (Lipinski definition) is 3. The molecule has 172 valence electrons. The second kappa shape index (κ2) is 9.36. The van der Waals surface area contributed by atoms with E-state index in [0.717, 1.165) is 31.7 Å². The molecular formula is C23H30F2N6O. The molecule has 0 unspecified atom stereocenters. The van der Waals surface area contributed by atoms with Gasteiger partial charge in [0.05, 0.1) is 18.0 Å². The number of aliphatic hydroxyl groups is 1. The molecule has 0 amide bonds. The first-order valence-electron chi connectivity index (χ1n) is 11.0. The summed E-state index contributed by atoms with van der Waals surface area (Å²) in [6, 6.07) is 3.85. The zero-order valence-corrected chi connectivity index (χ0v) is 17.2. The second-order valence-corrected chi connectivity index (χ2v) is 8.55. The summed E-state index contributed by atoms with van der Waals surface area (Å²) in [5.74, 6) is -0.316. The summed E-state index contributed by atoms with van der Waals surface area (Å²) in [5.41, 5.74) is 1.42. The number of anilines is 3. The van der Waals surface area contributed by atoms with E-state index in [1.54, 1.807) is 6.20 Å². The zero-order chi connectivity index (χ0) is 21.4. The molecule has 3 aromatic rings. The third-order valence-electron chi connectivity index (χ3n) is 6.33. The van der Waals surface area contributed by atoms with Gasteiger partial charge >= 0.3 is 0 Å². The third kappa shape index (κ3) is 4.53. The summed E-state index contributed by atoms with van der Waals surface area (Å²) < 4.78 is 29.6. The fourth-order valence-corrected chi connectivity index (χ4v) is 4.67. The van der Waals surface area contributed by atoms with E-state index < -0.39 is 11.6 Å². The molecule has 2 heterocycles. The predicted octanol–water partition coefficient (Wildman–Crippen LogP) is 5.31. The lowest BCUT2D eigenvalue weighted by molar-refractivity contribution is 0.112. The molecule has 9 heteroatoms. The van der Waals surface area contributed by atoms with Crippen LogP contribution in [0.4, 0.5) is 26.4 Å². The van der Waals surface area contributed by atoms with Gasteiger partial charge in [0, 0.05) is 18.2 Å². The topological polar surface area (TPSA) is 87.9 Å². The molecule has 7 nitrogen and oxygen atoms in total. The van der Waals surface area contributed by atoms with Crippen LogP contribution in [0.1, 0.15) is 64.8 Å². The van der Waals surface area contributed by atoms with Crippen molar-refractivity contribution < 1.29 is 13.9 Å². The Hall–Kier alpha value is -2.81. The Labute approximate surface area is 186 Å². The van der Waals surface area contributed by atoms with Crippen LogP contribution in [0.15, 0.2) is 24.4 Å². The number of fused-ring (bicyclic) bond motifs is 1. The van der Waals surface area contributed by atoms with Crippen molar-refractivity contribution in [2.45, 2.75) is 77.0 Å². The van der Waals surface area contributed by atoms with Crippen molar-refractivity contribution >= 4 is 28.7 Å². The maximum Gasteiger partial charge on any atom is 0.224 e. The normalized spacial score (nSPS) is 21.5. The molecule has 5 rings (SSSR count). The Balaban J connectivity index is 0.00000245. The van der Waals surface area contributed by atoms with Gasteiger partial charge < -0.3 is 15.7 Å². The van der Waals surface area contributed by atoms with Crippen molar-refractivity contribution in [2.75, 3.05) is 10.6 Å². The summed E-state index contributed by atoms with van der Waals surface area (Å²) in [6.45, 7) is 0. The van der Waals surface area contributed by atoms with Gasteiger partial charge in [-0.05, 0) is 50.7 Å². The smallest absolute Gasteiger partial charge is 0.224 e. The van der Waals surface area contributed by atoms with Crippen LogP contribution >= 0.6 is 0 Å². The lowest BCUT2D eigenvalue weighted by Gasteiger charge is -2.28. The molecule has 0 aliphatic heterocycles. The minimum atomic E-state index is -0.688. The molecule has 2 aromatic heterocycles. The van der Waals surface area contributed by atoms with Crippen molar-refractivity contribution in [1.29, 1.82) is 0 Å². The van der Waals surface area contributed by atoms with E-state index >= 15 is 0 Å². The molecule has 0 atom stereocenters. The van der Waals surface area contributed by atoms with Gasteiger partial charge in [-0.1, -0.05) is 20.3 Å². The van der Waals surface area contributed by atoms with Crippen LogP contribution in [0.2, 0.25) is 0 Å². The monoisotopic (exact) mass is 444 g/mol. The molecule has 0 saturated heterocycles. The molecule has 3 N–H and O–H groups in total. The molecule has 0 radical (unpaired) electrons. The molecule has 32 heavy (non-hydrogen) atoms. The zero-order valence-electron chi connectivity index (χ0n) is 17.2. The maximum atomic E-state index is 14.3. The lowest BCUT2D eigenvalue weighted by Crippen LogP contribution is -2.22. The van der Waals surface area contributed by atoms with E-state index in [9.17, 15) is 13.9 Å². The minimum Gasteiger partial charge on any atom is -0.393 e. The van der Waals surface area contributed by atoms with Crippen LogP contribution in [0.3, 0.4) is 0 Å². The SMILES string of the molecule is C.OC1CCC(n2c(Nc3ccc(F)cc3F)nc3cnc(NC4CCCC4)nc32)CC1. The number of halogens is 2. The highest BCUT2D eigenvalue weighted by molar-refractivity contribution is 5.76. The first-order chi connectivity index (χ1) is 15.1. The summed E-state index contributed by atoms with van der Waals surface area (Å²) in [7, 11) is 0. The Morgan fingerprint density at radius 2 is 1.75 bits per heavy atom. The van der Waals surface area contributed by atoms with Gasteiger partial charge in [-0.3, -0.25) is 4.57 Å². The number of benzene rings is 1.